The van der Waals surface area contributed by atoms with Crippen molar-refractivity contribution in [3.05, 3.63) is 11.9 Å². The summed E-state index contributed by atoms with van der Waals surface area (Å²) in [6.07, 6.45) is 1.15. The van der Waals surface area contributed by atoms with Crippen LogP contribution in [-0.2, 0) is 32.0 Å². The third kappa shape index (κ3) is 5.08. The number of hydrogen-bond donors (Lipinski definition) is 0. The maximum absolute atomic E-state index is 11.9. The molecule has 0 amide bonds. The van der Waals surface area contributed by atoms with E-state index in [2.05, 4.69) is 0 Å². The lowest BCUT2D eigenvalue weighted by Crippen LogP contribution is -2.21. The summed E-state index contributed by atoms with van der Waals surface area (Å²) in [6, 6.07) is 0. The largest absolute Gasteiger partial charge is 0.368 e. The lowest BCUT2D eigenvalue weighted by molar-refractivity contribution is 0.0500. The number of rotatable bonds is 7. The first-order valence-corrected chi connectivity index (χ1v) is 9.73. The van der Waals surface area contributed by atoms with Crippen LogP contribution >= 0.6 is 15.2 Å². The second kappa shape index (κ2) is 7.32. The van der Waals surface area contributed by atoms with Crippen LogP contribution in [0.25, 0.3) is 0 Å². The van der Waals surface area contributed by atoms with Crippen molar-refractivity contribution < 1.29 is 32.0 Å². The highest BCUT2D eigenvalue weighted by Crippen LogP contribution is 2.50. The van der Waals surface area contributed by atoms with Crippen LogP contribution in [0.1, 0.15) is 13.3 Å². The van der Waals surface area contributed by atoms with Gasteiger partial charge in [0.05, 0.1) is 12.2 Å². The Kier molecular flexibility index (Phi) is 6.61. The van der Waals surface area contributed by atoms with Gasteiger partial charge in [-0.2, -0.15) is 0 Å². The zero-order chi connectivity index (χ0) is 15.4. The van der Waals surface area contributed by atoms with Crippen molar-refractivity contribution in [1.29, 1.82) is 0 Å². The van der Waals surface area contributed by atoms with Gasteiger partial charge < -0.3 is 22.8 Å². The first-order chi connectivity index (χ1) is 9.25. The van der Waals surface area contributed by atoms with E-state index in [0.29, 0.717) is 6.42 Å². The Morgan fingerprint density at radius 1 is 1.15 bits per heavy atom. The van der Waals surface area contributed by atoms with E-state index in [1.807, 2.05) is 6.92 Å². The van der Waals surface area contributed by atoms with E-state index in [-0.39, 0.29) is 6.10 Å². The molecule has 1 unspecified atom stereocenters. The van der Waals surface area contributed by atoms with Gasteiger partial charge in [-0.05, 0) is 13.0 Å². The predicted octanol–water partition coefficient (Wildman–Crippen LogP) is 3.02. The van der Waals surface area contributed by atoms with E-state index in [9.17, 15) is 9.13 Å². The van der Waals surface area contributed by atoms with Gasteiger partial charge in [0.25, 0.3) is 0 Å². The molecule has 1 saturated heterocycles. The molecule has 4 atom stereocenters. The number of hydrogen-bond acceptors (Lipinski definition) is 7. The van der Waals surface area contributed by atoms with Crippen molar-refractivity contribution in [2.45, 2.75) is 31.7 Å². The SMILES string of the molecule is COP(C)(=O)O[C@H]1C[C@H](C)O[C@@H]1/C=C/P(=O)(OC)OC. The zero-order valence-corrected chi connectivity index (χ0v) is 14.1. The summed E-state index contributed by atoms with van der Waals surface area (Å²) in [7, 11) is -2.44. The van der Waals surface area contributed by atoms with Gasteiger partial charge in [-0.1, -0.05) is 0 Å². The number of ether oxygens (including phenoxy) is 1. The van der Waals surface area contributed by atoms with Crippen LogP contribution in [-0.4, -0.2) is 46.3 Å². The Balaban J connectivity index is 2.79. The quantitative estimate of drug-likeness (QED) is 0.664. The predicted molar refractivity (Wildman–Crippen MR) is 75.1 cm³/mol. The highest BCUT2D eigenvalue weighted by atomic mass is 31.2. The van der Waals surface area contributed by atoms with Crippen LogP contribution in [0.3, 0.4) is 0 Å². The third-order valence-corrected chi connectivity index (χ3v) is 5.82. The lowest BCUT2D eigenvalue weighted by atomic mass is 10.1. The van der Waals surface area contributed by atoms with E-state index < -0.39 is 27.4 Å². The van der Waals surface area contributed by atoms with Crippen molar-refractivity contribution in [2.75, 3.05) is 28.0 Å². The van der Waals surface area contributed by atoms with Crippen molar-refractivity contribution in [3.63, 3.8) is 0 Å². The Morgan fingerprint density at radius 3 is 2.25 bits per heavy atom. The molecule has 0 spiro atoms. The summed E-state index contributed by atoms with van der Waals surface area (Å²) >= 11 is 0. The minimum absolute atomic E-state index is 0.0593. The molecule has 1 rings (SSSR count). The van der Waals surface area contributed by atoms with E-state index in [1.54, 1.807) is 6.08 Å². The molecule has 0 bridgehead atoms. The molecule has 0 aromatic rings. The highest BCUT2D eigenvalue weighted by Gasteiger charge is 2.36. The molecule has 0 saturated carbocycles. The molecule has 1 heterocycles. The van der Waals surface area contributed by atoms with Gasteiger partial charge in [0.2, 0.25) is 0 Å². The van der Waals surface area contributed by atoms with Crippen LogP contribution in [0.5, 0.6) is 0 Å². The summed E-state index contributed by atoms with van der Waals surface area (Å²) in [4.78, 5) is 0. The highest BCUT2D eigenvalue weighted by molar-refractivity contribution is 7.57. The smallest absolute Gasteiger partial charge is 0.353 e. The van der Waals surface area contributed by atoms with Crippen LogP contribution < -0.4 is 0 Å². The van der Waals surface area contributed by atoms with E-state index in [1.165, 1.54) is 33.8 Å². The van der Waals surface area contributed by atoms with Crippen LogP contribution in [0.2, 0.25) is 0 Å². The van der Waals surface area contributed by atoms with Crippen molar-refractivity contribution in [3.8, 4) is 0 Å². The minimum atomic E-state index is -3.25. The van der Waals surface area contributed by atoms with Gasteiger partial charge in [-0.3, -0.25) is 9.13 Å². The molecular weight excluding hydrogens is 306 g/mol. The molecule has 0 aromatic carbocycles. The van der Waals surface area contributed by atoms with Gasteiger partial charge in [0.15, 0.2) is 0 Å². The lowest BCUT2D eigenvalue weighted by Gasteiger charge is -2.20. The van der Waals surface area contributed by atoms with Crippen molar-refractivity contribution in [1.82, 2.24) is 0 Å². The average Bonchev–Trinajstić information content (AvgIpc) is 2.75. The Morgan fingerprint density at radius 2 is 1.75 bits per heavy atom. The summed E-state index contributed by atoms with van der Waals surface area (Å²) < 4.78 is 49.3. The summed E-state index contributed by atoms with van der Waals surface area (Å²) in [5, 5.41) is 0. The van der Waals surface area contributed by atoms with Gasteiger partial charge in [-0.25, -0.2) is 0 Å². The molecule has 118 valence electrons. The first kappa shape index (κ1) is 18.1. The fraction of sp³-hybridized carbons (Fsp3) is 0.818. The fourth-order valence-corrected chi connectivity index (χ4v) is 3.38. The van der Waals surface area contributed by atoms with Crippen molar-refractivity contribution >= 4 is 15.2 Å². The standard InChI is InChI=1S/C11H22O7P2/c1-9-8-11(18-19(5,12)14-2)10(17-9)6-7-20(13,15-3)16-4/h6-7,9-11H,8H2,1-5H3/b7-6+/t9-,10+,11-,19?/m0/s1. The molecule has 0 N–H and O–H groups in total. The Hall–Kier alpha value is -0.0000000000000000416. The average molecular weight is 328 g/mol. The molecule has 1 aliphatic rings. The third-order valence-electron chi connectivity index (χ3n) is 2.95. The maximum atomic E-state index is 11.9. The summed E-state index contributed by atoms with van der Waals surface area (Å²) in [5.41, 5.74) is 0. The first-order valence-electron chi connectivity index (χ1n) is 6.13. The molecular formula is C11H22O7P2. The molecule has 0 radical (unpaired) electrons. The van der Waals surface area contributed by atoms with Crippen LogP contribution in [0, 0.1) is 0 Å². The Labute approximate surface area is 119 Å². The maximum Gasteiger partial charge on any atom is 0.353 e. The molecule has 0 aliphatic carbocycles. The summed E-state index contributed by atoms with van der Waals surface area (Å²) in [5.74, 6) is 1.32. The molecule has 20 heavy (non-hydrogen) atoms. The van der Waals surface area contributed by atoms with E-state index in [4.69, 9.17) is 22.8 Å². The van der Waals surface area contributed by atoms with Gasteiger partial charge in [0, 0.05) is 40.2 Å². The second-order valence-corrected chi connectivity index (χ2v) is 8.72. The van der Waals surface area contributed by atoms with Gasteiger partial charge >= 0.3 is 15.2 Å². The fourth-order valence-electron chi connectivity index (χ4n) is 1.82. The zero-order valence-electron chi connectivity index (χ0n) is 12.3. The molecule has 9 heteroatoms. The van der Waals surface area contributed by atoms with Crippen LogP contribution in [0.4, 0.5) is 0 Å². The van der Waals surface area contributed by atoms with Gasteiger partial charge in [-0.15, -0.1) is 0 Å². The van der Waals surface area contributed by atoms with Gasteiger partial charge in [0.1, 0.15) is 6.10 Å². The minimum Gasteiger partial charge on any atom is -0.368 e. The Bertz CT molecular complexity index is 428. The molecule has 0 aromatic heterocycles. The molecule has 1 aliphatic heterocycles. The van der Waals surface area contributed by atoms with Crippen LogP contribution in [0.15, 0.2) is 11.9 Å². The summed E-state index contributed by atoms with van der Waals surface area (Å²) in [6.45, 7) is 3.27. The van der Waals surface area contributed by atoms with Crippen molar-refractivity contribution in [2.24, 2.45) is 0 Å². The normalized spacial score (nSPS) is 30.8. The van der Waals surface area contributed by atoms with E-state index in [0.717, 1.165) is 0 Å². The molecule has 7 nitrogen and oxygen atoms in total. The monoisotopic (exact) mass is 328 g/mol. The van der Waals surface area contributed by atoms with E-state index >= 15 is 0 Å². The molecule has 1 fully saturated rings. The topological polar surface area (TPSA) is 80.3 Å². The second-order valence-electron chi connectivity index (χ2n) is 4.49.